The van der Waals surface area contributed by atoms with Crippen molar-refractivity contribution in [3.05, 3.63) is 71.0 Å². The number of tetrazole rings is 1. The number of aryl methyl sites for hydroxylation is 1. The molecule has 25 heavy (non-hydrogen) atoms. The second-order valence-electron chi connectivity index (χ2n) is 5.81. The minimum Gasteiger partial charge on any atom is -0.350 e. The number of nitrogens with one attached hydrogen (secondary N) is 1. The quantitative estimate of drug-likeness (QED) is 0.737. The highest BCUT2D eigenvalue weighted by atomic mass is 35.5. The third-order valence-electron chi connectivity index (χ3n) is 3.93. The van der Waals surface area contributed by atoms with Crippen LogP contribution in [0.4, 0.5) is 0 Å². The maximum Gasteiger partial charge on any atom is 0.251 e. The Kier molecular flexibility index (Phi) is 5.40. The van der Waals surface area contributed by atoms with Crippen LogP contribution in [0.5, 0.6) is 0 Å². The fourth-order valence-electron chi connectivity index (χ4n) is 2.50. The minimum atomic E-state index is -0.102. The van der Waals surface area contributed by atoms with Gasteiger partial charge in [0.25, 0.3) is 5.91 Å². The SMILES string of the molecule is C[C@@H](CCc1ccccc1Cl)NC(=O)c1ccc(-n2cnnn2)cc1. The first kappa shape index (κ1) is 17.1. The van der Waals surface area contributed by atoms with Crippen molar-refractivity contribution in [2.24, 2.45) is 0 Å². The van der Waals surface area contributed by atoms with Gasteiger partial charge >= 0.3 is 0 Å². The maximum atomic E-state index is 12.3. The molecular weight excluding hydrogens is 338 g/mol. The average Bonchev–Trinajstić information content (AvgIpc) is 3.16. The molecule has 0 aliphatic rings. The Morgan fingerprint density at radius 2 is 1.96 bits per heavy atom. The Balaban J connectivity index is 1.55. The van der Waals surface area contributed by atoms with E-state index in [2.05, 4.69) is 20.8 Å². The number of hydrogen-bond acceptors (Lipinski definition) is 4. The molecule has 0 bridgehead atoms. The molecule has 6 nitrogen and oxygen atoms in total. The summed E-state index contributed by atoms with van der Waals surface area (Å²) < 4.78 is 1.54. The van der Waals surface area contributed by atoms with Crippen LogP contribution in [-0.4, -0.2) is 32.2 Å². The molecule has 0 unspecified atom stereocenters. The van der Waals surface area contributed by atoms with Crippen molar-refractivity contribution in [2.45, 2.75) is 25.8 Å². The normalized spacial score (nSPS) is 11.9. The summed E-state index contributed by atoms with van der Waals surface area (Å²) in [4.78, 5) is 12.3. The molecule has 3 rings (SSSR count). The molecule has 0 aliphatic carbocycles. The lowest BCUT2D eigenvalue weighted by atomic mass is 10.1. The molecule has 7 heteroatoms. The highest BCUT2D eigenvalue weighted by Gasteiger charge is 2.11. The fraction of sp³-hybridized carbons (Fsp3) is 0.222. The number of carbonyl (C=O) groups is 1. The van der Waals surface area contributed by atoms with Gasteiger partial charge in [-0.05, 0) is 66.1 Å². The van der Waals surface area contributed by atoms with Crippen molar-refractivity contribution in [3.8, 4) is 5.69 Å². The van der Waals surface area contributed by atoms with E-state index < -0.39 is 0 Å². The monoisotopic (exact) mass is 355 g/mol. The van der Waals surface area contributed by atoms with Gasteiger partial charge in [0, 0.05) is 16.6 Å². The van der Waals surface area contributed by atoms with Crippen LogP contribution < -0.4 is 5.32 Å². The molecule has 0 fully saturated rings. The average molecular weight is 356 g/mol. The van der Waals surface area contributed by atoms with E-state index >= 15 is 0 Å². The summed E-state index contributed by atoms with van der Waals surface area (Å²) in [6.45, 7) is 1.99. The van der Waals surface area contributed by atoms with Gasteiger partial charge in [0.05, 0.1) is 5.69 Å². The zero-order chi connectivity index (χ0) is 17.6. The molecule has 1 aromatic heterocycles. The predicted molar refractivity (Wildman–Crippen MR) is 95.9 cm³/mol. The molecule has 1 atom stereocenters. The Morgan fingerprint density at radius 3 is 2.64 bits per heavy atom. The van der Waals surface area contributed by atoms with Crippen molar-refractivity contribution < 1.29 is 4.79 Å². The predicted octanol–water partition coefficient (Wildman–Crippen LogP) is 3.07. The van der Waals surface area contributed by atoms with Gasteiger partial charge in [-0.25, -0.2) is 4.68 Å². The van der Waals surface area contributed by atoms with Crippen molar-refractivity contribution in [2.75, 3.05) is 0 Å². The lowest BCUT2D eigenvalue weighted by Crippen LogP contribution is -2.32. The van der Waals surface area contributed by atoms with Crippen LogP contribution in [0.15, 0.2) is 54.9 Å². The molecule has 0 radical (unpaired) electrons. The molecule has 0 aliphatic heterocycles. The molecule has 128 valence electrons. The second-order valence-corrected chi connectivity index (χ2v) is 6.21. The first-order chi connectivity index (χ1) is 12.1. The van der Waals surface area contributed by atoms with E-state index in [1.807, 2.05) is 31.2 Å². The summed E-state index contributed by atoms with van der Waals surface area (Å²) in [5.74, 6) is -0.102. The standard InChI is InChI=1S/C18H18ClN5O/c1-13(6-7-14-4-2-3-5-17(14)19)21-18(25)15-8-10-16(11-9-15)24-12-20-22-23-24/h2-5,8-13H,6-7H2,1H3,(H,21,25)/t13-/m0/s1. The molecule has 2 aromatic carbocycles. The summed E-state index contributed by atoms with van der Waals surface area (Å²) >= 11 is 6.16. The Labute approximate surface area is 150 Å². The van der Waals surface area contributed by atoms with Crippen molar-refractivity contribution in [3.63, 3.8) is 0 Å². The molecule has 3 aromatic rings. The van der Waals surface area contributed by atoms with Crippen LogP contribution in [-0.2, 0) is 6.42 Å². The summed E-state index contributed by atoms with van der Waals surface area (Å²) in [5, 5.41) is 14.8. The summed E-state index contributed by atoms with van der Waals surface area (Å²) in [7, 11) is 0. The number of amides is 1. The Bertz CT molecular complexity index is 833. The molecule has 1 amide bonds. The third-order valence-corrected chi connectivity index (χ3v) is 4.29. The molecular formula is C18H18ClN5O. The molecule has 0 saturated carbocycles. The van der Waals surface area contributed by atoms with Crippen molar-refractivity contribution in [1.82, 2.24) is 25.5 Å². The topological polar surface area (TPSA) is 72.7 Å². The summed E-state index contributed by atoms with van der Waals surface area (Å²) in [6.07, 6.45) is 3.14. The fourth-order valence-corrected chi connectivity index (χ4v) is 2.73. The minimum absolute atomic E-state index is 0.0444. The number of rotatable bonds is 6. The second kappa shape index (κ2) is 7.90. The van der Waals surface area contributed by atoms with E-state index in [4.69, 9.17) is 11.6 Å². The highest BCUT2D eigenvalue weighted by Crippen LogP contribution is 2.17. The van der Waals surface area contributed by atoms with Gasteiger partial charge in [-0.3, -0.25) is 4.79 Å². The van der Waals surface area contributed by atoms with Crippen LogP contribution in [0, 0.1) is 0 Å². The van der Waals surface area contributed by atoms with Gasteiger partial charge < -0.3 is 5.32 Å². The number of aromatic nitrogens is 4. The third kappa shape index (κ3) is 4.42. The lowest BCUT2D eigenvalue weighted by Gasteiger charge is -2.14. The maximum absolute atomic E-state index is 12.3. The van der Waals surface area contributed by atoms with Crippen molar-refractivity contribution >= 4 is 17.5 Å². The lowest BCUT2D eigenvalue weighted by molar-refractivity contribution is 0.0938. The molecule has 0 spiro atoms. The van der Waals surface area contributed by atoms with Crippen LogP contribution in [0.25, 0.3) is 5.69 Å². The van der Waals surface area contributed by atoms with E-state index in [1.54, 1.807) is 24.3 Å². The smallest absolute Gasteiger partial charge is 0.251 e. The van der Waals surface area contributed by atoms with E-state index in [1.165, 1.54) is 11.0 Å². The Hall–Kier alpha value is -2.73. The number of halogens is 1. The number of hydrogen-bond donors (Lipinski definition) is 1. The molecule has 1 heterocycles. The number of benzene rings is 2. The van der Waals surface area contributed by atoms with E-state index in [9.17, 15) is 4.79 Å². The molecule has 1 N–H and O–H groups in total. The first-order valence-electron chi connectivity index (χ1n) is 8.01. The molecule has 0 saturated heterocycles. The van der Waals surface area contributed by atoms with Gasteiger partial charge in [-0.1, -0.05) is 29.8 Å². The van der Waals surface area contributed by atoms with E-state index in [0.717, 1.165) is 29.1 Å². The van der Waals surface area contributed by atoms with Crippen LogP contribution >= 0.6 is 11.6 Å². The van der Waals surface area contributed by atoms with E-state index in [-0.39, 0.29) is 11.9 Å². The van der Waals surface area contributed by atoms with Crippen molar-refractivity contribution in [1.29, 1.82) is 0 Å². The van der Waals surface area contributed by atoms with Gasteiger partial charge in [-0.15, -0.1) is 5.10 Å². The summed E-state index contributed by atoms with van der Waals surface area (Å²) in [5.41, 5.74) is 2.49. The highest BCUT2D eigenvalue weighted by molar-refractivity contribution is 6.31. The van der Waals surface area contributed by atoms with Gasteiger partial charge in [0.2, 0.25) is 0 Å². The number of carbonyl (C=O) groups excluding carboxylic acids is 1. The van der Waals surface area contributed by atoms with Gasteiger partial charge in [0.15, 0.2) is 0 Å². The van der Waals surface area contributed by atoms with Crippen LogP contribution in [0.3, 0.4) is 0 Å². The summed E-state index contributed by atoms with van der Waals surface area (Å²) in [6, 6.07) is 14.9. The number of nitrogens with zero attached hydrogens (tertiary/aromatic N) is 4. The zero-order valence-electron chi connectivity index (χ0n) is 13.8. The first-order valence-corrected chi connectivity index (χ1v) is 8.39. The van der Waals surface area contributed by atoms with Gasteiger partial charge in [0.1, 0.15) is 6.33 Å². The van der Waals surface area contributed by atoms with Crippen LogP contribution in [0.2, 0.25) is 5.02 Å². The van der Waals surface area contributed by atoms with Crippen LogP contribution in [0.1, 0.15) is 29.3 Å². The van der Waals surface area contributed by atoms with Gasteiger partial charge in [-0.2, -0.15) is 0 Å². The van der Waals surface area contributed by atoms with E-state index in [0.29, 0.717) is 5.56 Å². The Morgan fingerprint density at radius 1 is 1.20 bits per heavy atom. The largest absolute Gasteiger partial charge is 0.350 e. The zero-order valence-corrected chi connectivity index (χ0v) is 14.5.